The number of alkyl halides is 2. The Balaban J connectivity index is 0.000000277. The van der Waals surface area contributed by atoms with Crippen molar-refractivity contribution in [1.82, 2.24) is 0 Å². The molecule has 2 fully saturated rings. The van der Waals surface area contributed by atoms with Gasteiger partial charge in [-0.05, 0) is 65.7 Å². The molecule has 6 heteroatoms. The highest BCUT2D eigenvalue weighted by Gasteiger charge is 2.64. The van der Waals surface area contributed by atoms with Gasteiger partial charge in [-0.15, -0.1) is 0 Å². The topological polar surface area (TPSA) is 74.3 Å². The zero-order valence-corrected chi connectivity index (χ0v) is 19.3. The normalized spacial score (nSPS) is 29.4. The summed E-state index contributed by atoms with van der Waals surface area (Å²) in [6.45, 7) is 17.9. The van der Waals surface area contributed by atoms with Crippen LogP contribution < -0.4 is 21.2 Å². The fourth-order valence-electron chi connectivity index (χ4n) is 4.26. The smallest absolute Gasteiger partial charge is 0.280 e. The summed E-state index contributed by atoms with van der Waals surface area (Å²) in [5.41, 5.74) is -1.22. The first-order chi connectivity index (χ1) is 10.4. The van der Waals surface area contributed by atoms with E-state index in [9.17, 15) is 17.8 Å². The zero-order valence-electron chi connectivity index (χ0n) is 16.3. The van der Waals surface area contributed by atoms with Crippen molar-refractivity contribution in [3.8, 4) is 0 Å². The van der Waals surface area contributed by atoms with E-state index < -0.39 is 21.3 Å². The molecule has 4 nitrogen and oxygen atoms in total. The van der Waals surface area contributed by atoms with Gasteiger partial charge < -0.3 is 4.55 Å². The molecule has 2 rings (SSSR count). The minimum Gasteiger partial charge on any atom is -0.748 e. The van der Waals surface area contributed by atoms with Gasteiger partial charge in [0.05, 0.1) is 15.9 Å². The standard InChI is InChI=1S/C10H16O4S.C8H18I/c1-9(2)7-3-4-10(9,8(11)5-7)6-15(12,13)14;1-7(2,3)9-8(4,5)6/h7H,3-6H2,1-2H3,(H,12,13,14);1-6H3/q;+1/p-1. The van der Waals surface area contributed by atoms with Crippen molar-refractivity contribution in [1.29, 1.82) is 0 Å². The third-order valence-electron chi connectivity index (χ3n) is 5.13. The molecule has 142 valence electrons. The van der Waals surface area contributed by atoms with E-state index >= 15 is 0 Å². The Hall–Kier alpha value is 0.310. The van der Waals surface area contributed by atoms with Crippen LogP contribution in [-0.4, -0.2) is 31.4 Å². The summed E-state index contributed by atoms with van der Waals surface area (Å²) in [6, 6.07) is 0. The molecular formula is C18H33IO4S. The Morgan fingerprint density at radius 1 is 1.12 bits per heavy atom. The van der Waals surface area contributed by atoms with Gasteiger partial charge in [-0.3, -0.25) is 4.79 Å². The molecule has 2 atom stereocenters. The highest BCUT2D eigenvalue weighted by atomic mass is 127. The van der Waals surface area contributed by atoms with Crippen LogP contribution in [-0.2, 0) is 14.9 Å². The summed E-state index contributed by atoms with van der Waals surface area (Å²) in [5, 5.41) is 0. The van der Waals surface area contributed by atoms with Gasteiger partial charge in [-0.25, -0.2) is 8.42 Å². The van der Waals surface area contributed by atoms with E-state index in [1.165, 1.54) is 0 Å². The van der Waals surface area contributed by atoms with E-state index in [1.807, 2.05) is 13.8 Å². The summed E-state index contributed by atoms with van der Waals surface area (Å²) >= 11 is 0.338. The fourth-order valence-corrected chi connectivity index (χ4v) is 10.4. The number of carbonyl (C=O) groups is 1. The van der Waals surface area contributed by atoms with Crippen LogP contribution in [0, 0.1) is 16.7 Å². The van der Waals surface area contributed by atoms with Crippen LogP contribution in [0.3, 0.4) is 0 Å². The first kappa shape index (κ1) is 22.4. The second kappa shape index (κ2) is 6.80. The minimum atomic E-state index is -4.33. The third kappa shape index (κ3) is 5.40. The molecular weight excluding hydrogens is 439 g/mol. The van der Waals surface area contributed by atoms with Gasteiger partial charge in [-0.2, -0.15) is 0 Å². The van der Waals surface area contributed by atoms with E-state index in [-0.39, 0.29) is 17.1 Å². The number of carbonyl (C=O) groups excluding carboxylic acids is 1. The molecule has 24 heavy (non-hydrogen) atoms. The Kier molecular flexibility index (Phi) is 6.33. The van der Waals surface area contributed by atoms with E-state index in [1.54, 1.807) is 0 Å². The molecule has 0 aromatic carbocycles. The van der Waals surface area contributed by atoms with E-state index in [2.05, 4.69) is 41.5 Å². The molecule has 0 saturated heterocycles. The highest BCUT2D eigenvalue weighted by Crippen LogP contribution is 2.64. The van der Waals surface area contributed by atoms with Gasteiger partial charge in [0.15, 0.2) is 6.84 Å². The van der Waals surface area contributed by atoms with Gasteiger partial charge in [0.1, 0.15) is 5.78 Å². The van der Waals surface area contributed by atoms with E-state index in [4.69, 9.17) is 0 Å². The molecule has 0 spiro atoms. The highest BCUT2D eigenvalue weighted by molar-refractivity contribution is 7.85. The lowest BCUT2D eigenvalue weighted by Crippen LogP contribution is -3.72. The summed E-state index contributed by atoms with van der Waals surface area (Å²) in [7, 11) is -4.33. The maximum absolute atomic E-state index is 11.8. The lowest BCUT2D eigenvalue weighted by molar-refractivity contribution is -0.772. The van der Waals surface area contributed by atoms with Crippen molar-refractivity contribution in [2.75, 3.05) is 5.75 Å². The molecule has 0 amide bonds. The molecule has 0 aromatic heterocycles. The molecule has 2 bridgehead atoms. The van der Waals surface area contributed by atoms with Gasteiger partial charge in [0.2, 0.25) is 0 Å². The molecule has 0 aliphatic heterocycles. The van der Waals surface area contributed by atoms with Crippen molar-refractivity contribution >= 4 is 15.9 Å². The number of Topliss-reactive ketones (excluding diaryl/α,β-unsaturated/α-hetero) is 1. The average molecular weight is 472 g/mol. The molecule has 2 unspecified atom stereocenters. The van der Waals surface area contributed by atoms with Crippen molar-refractivity contribution in [3.63, 3.8) is 0 Å². The second-order valence-corrected chi connectivity index (χ2v) is 18.0. The van der Waals surface area contributed by atoms with Crippen LogP contribution in [0.5, 0.6) is 0 Å². The molecule has 0 aromatic rings. The van der Waals surface area contributed by atoms with Crippen LogP contribution in [0.4, 0.5) is 0 Å². The summed E-state index contributed by atoms with van der Waals surface area (Å²) in [5.74, 6) is -0.280. The number of hydrogen-bond donors (Lipinski definition) is 0. The first-order valence-electron chi connectivity index (χ1n) is 8.54. The minimum absolute atomic E-state index is 0.0248. The summed E-state index contributed by atoms with van der Waals surface area (Å²) in [4.78, 5) is 11.8. The van der Waals surface area contributed by atoms with Crippen LogP contribution in [0.2, 0.25) is 0 Å². The molecule has 2 aliphatic rings. The number of fused-ring (bicyclic) bond motifs is 2. The molecule has 2 aliphatic carbocycles. The van der Waals surface area contributed by atoms with Crippen molar-refractivity contribution < 1.29 is 39.0 Å². The van der Waals surface area contributed by atoms with Crippen molar-refractivity contribution in [3.05, 3.63) is 0 Å². The summed E-state index contributed by atoms with van der Waals surface area (Å²) in [6.07, 6.45) is 1.88. The number of hydrogen-bond acceptors (Lipinski definition) is 4. The average Bonchev–Trinajstić information content (AvgIpc) is 2.55. The van der Waals surface area contributed by atoms with Gasteiger partial charge in [0, 0.05) is 11.8 Å². The predicted molar refractivity (Wildman–Crippen MR) is 92.6 cm³/mol. The molecule has 0 N–H and O–H groups in total. The Bertz CT molecular complexity index is 569. The maximum atomic E-state index is 11.8. The fraction of sp³-hybridized carbons (Fsp3) is 0.944. The van der Waals surface area contributed by atoms with Crippen LogP contribution in [0.1, 0.15) is 74.7 Å². The largest absolute Gasteiger partial charge is 0.748 e. The van der Waals surface area contributed by atoms with Crippen molar-refractivity contribution in [2.24, 2.45) is 16.7 Å². The lowest BCUT2D eigenvalue weighted by atomic mass is 9.70. The van der Waals surface area contributed by atoms with Crippen molar-refractivity contribution in [2.45, 2.75) is 81.5 Å². The van der Waals surface area contributed by atoms with Crippen LogP contribution in [0.15, 0.2) is 0 Å². The SMILES string of the molecule is CC(C)(C)[I+]C(C)(C)C.CC1(C)C2CCC1(CS(=O)(=O)[O-])C(=O)C2. The molecule has 2 saturated carbocycles. The quantitative estimate of drug-likeness (QED) is 0.335. The lowest BCUT2D eigenvalue weighted by Gasteiger charge is -2.37. The Morgan fingerprint density at radius 2 is 1.58 bits per heavy atom. The van der Waals surface area contributed by atoms with E-state index in [0.29, 0.717) is 40.9 Å². The second-order valence-electron chi connectivity index (χ2n) is 9.60. The summed E-state index contributed by atoms with van der Waals surface area (Å²) < 4.78 is 33.9. The maximum Gasteiger partial charge on any atom is 0.280 e. The van der Waals surface area contributed by atoms with Crippen LogP contribution >= 0.6 is 0 Å². The monoisotopic (exact) mass is 472 g/mol. The zero-order chi connectivity index (χ0) is 19.2. The van der Waals surface area contributed by atoms with Crippen LogP contribution in [0.25, 0.3) is 0 Å². The van der Waals surface area contributed by atoms with E-state index in [0.717, 1.165) is 6.42 Å². The van der Waals surface area contributed by atoms with Gasteiger partial charge in [-0.1, -0.05) is 13.8 Å². The van der Waals surface area contributed by atoms with Gasteiger partial charge >= 0.3 is 0 Å². The molecule has 0 heterocycles. The van der Waals surface area contributed by atoms with Gasteiger partial charge in [0.25, 0.3) is 21.2 Å². The number of rotatable bonds is 2. The Morgan fingerprint density at radius 3 is 1.79 bits per heavy atom. The Labute approximate surface area is 158 Å². The first-order valence-corrected chi connectivity index (χ1v) is 12.3. The number of ketones is 1. The predicted octanol–water partition coefficient (Wildman–Crippen LogP) is 0.599. The third-order valence-corrected chi connectivity index (χ3v) is 9.21. The molecule has 0 radical (unpaired) electrons. The number of halogens is 1.